The molecule has 34 heavy (non-hydrogen) atoms. The first kappa shape index (κ1) is 23.6. The van der Waals surface area contributed by atoms with E-state index in [0.29, 0.717) is 36.2 Å². The Hall–Kier alpha value is -3.56. The van der Waals surface area contributed by atoms with Crippen molar-refractivity contribution in [2.75, 3.05) is 22.6 Å². The summed E-state index contributed by atoms with van der Waals surface area (Å²) in [6.07, 6.45) is 3.72. The molecule has 3 aromatic heterocycles. The topological polar surface area (TPSA) is 101 Å². The van der Waals surface area contributed by atoms with Gasteiger partial charge in [-0.15, -0.1) is 0 Å². The number of hydrogen-bond donors (Lipinski definition) is 2. The molecule has 0 saturated heterocycles. The number of likely N-dealkylation sites (N-methyl/N-ethyl adjacent to an activating group) is 1. The molecule has 0 fully saturated rings. The summed E-state index contributed by atoms with van der Waals surface area (Å²) in [4.78, 5) is 27.7. The van der Waals surface area contributed by atoms with Gasteiger partial charge in [0.1, 0.15) is 11.7 Å². The Morgan fingerprint density at radius 2 is 1.94 bits per heavy atom. The standard InChI is InChI=1S/C24H31FN8O/c1-13(2)19-17(7-8-18(25)29-19)12-33-11-16(10-27-33)9-26-24-28-15(5)20-22(31-24)32(6)21(14(3)4)23(34)30-20/h7-8,10-11,13-14,21H,9,12H2,1-6H3,(H,30,34)(H,26,28,31). The Balaban J connectivity index is 1.48. The lowest BCUT2D eigenvalue weighted by atomic mass is 9.99. The van der Waals surface area contributed by atoms with Gasteiger partial charge in [0, 0.05) is 25.4 Å². The highest BCUT2D eigenvalue weighted by Gasteiger charge is 2.35. The van der Waals surface area contributed by atoms with Crippen LogP contribution in [0.1, 0.15) is 56.1 Å². The smallest absolute Gasteiger partial charge is 0.247 e. The number of rotatable bonds is 7. The first-order valence-electron chi connectivity index (χ1n) is 11.5. The second-order valence-corrected chi connectivity index (χ2v) is 9.35. The van der Waals surface area contributed by atoms with Crippen molar-refractivity contribution in [2.24, 2.45) is 5.92 Å². The van der Waals surface area contributed by atoms with Crippen molar-refractivity contribution in [3.8, 4) is 0 Å². The number of hydrogen-bond acceptors (Lipinski definition) is 7. The van der Waals surface area contributed by atoms with E-state index in [1.165, 1.54) is 6.07 Å². The number of halogens is 1. The van der Waals surface area contributed by atoms with Gasteiger partial charge in [-0.3, -0.25) is 9.48 Å². The Morgan fingerprint density at radius 1 is 1.18 bits per heavy atom. The maximum Gasteiger partial charge on any atom is 0.247 e. The van der Waals surface area contributed by atoms with Gasteiger partial charge in [0.2, 0.25) is 17.8 Å². The highest BCUT2D eigenvalue weighted by Crippen LogP contribution is 2.34. The lowest BCUT2D eigenvalue weighted by Gasteiger charge is -2.36. The van der Waals surface area contributed by atoms with Crippen LogP contribution in [-0.4, -0.2) is 43.7 Å². The van der Waals surface area contributed by atoms with Crippen LogP contribution in [0.25, 0.3) is 0 Å². The van der Waals surface area contributed by atoms with E-state index >= 15 is 0 Å². The third-order valence-electron chi connectivity index (χ3n) is 5.97. The predicted octanol–water partition coefficient (Wildman–Crippen LogP) is 3.71. The molecule has 1 aliphatic heterocycles. The van der Waals surface area contributed by atoms with Gasteiger partial charge >= 0.3 is 0 Å². The lowest BCUT2D eigenvalue weighted by molar-refractivity contribution is -0.118. The number of aromatic nitrogens is 5. The molecule has 9 nitrogen and oxygen atoms in total. The summed E-state index contributed by atoms with van der Waals surface area (Å²) in [6, 6.07) is 2.86. The molecule has 3 aromatic rings. The van der Waals surface area contributed by atoms with Gasteiger partial charge in [-0.25, -0.2) is 9.97 Å². The highest BCUT2D eigenvalue weighted by atomic mass is 19.1. The average molecular weight is 467 g/mol. The van der Waals surface area contributed by atoms with Crippen LogP contribution in [0.3, 0.4) is 0 Å². The minimum atomic E-state index is -0.469. The molecular formula is C24H31FN8O. The Morgan fingerprint density at radius 3 is 2.65 bits per heavy atom. The molecule has 10 heteroatoms. The number of nitrogens with one attached hydrogen (secondary N) is 2. The van der Waals surface area contributed by atoms with Crippen molar-refractivity contribution >= 4 is 23.4 Å². The van der Waals surface area contributed by atoms with Crippen molar-refractivity contribution in [1.82, 2.24) is 24.7 Å². The van der Waals surface area contributed by atoms with E-state index in [1.807, 2.05) is 57.4 Å². The summed E-state index contributed by atoms with van der Waals surface area (Å²) in [5, 5.41) is 10.7. The molecule has 0 saturated carbocycles. The molecule has 2 N–H and O–H groups in total. The van der Waals surface area contributed by atoms with Gasteiger partial charge in [0.05, 0.1) is 24.1 Å². The molecule has 4 heterocycles. The summed E-state index contributed by atoms with van der Waals surface area (Å²) in [5.74, 6) is 0.937. The lowest BCUT2D eigenvalue weighted by Crippen LogP contribution is -2.49. The van der Waals surface area contributed by atoms with Crippen molar-refractivity contribution in [3.05, 3.63) is 53.0 Å². The van der Waals surface area contributed by atoms with Crippen LogP contribution in [-0.2, 0) is 17.9 Å². The second kappa shape index (κ2) is 9.36. The van der Waals surface area contributed by atoms with E-state index < -0.39 is 5.95 Å². The van der Waals surface area contributed by atoms with Gasteiger partial charge in [0.25, 0.3) is 0 Å². The third kappa shape index (κ3) is 4.71. The largest absolute Gasteiger partial charge is 0.350 e. The second-order valence-electron chi connectivity index (χ2n) is 9.35. The first-order chi connectivity index (χ1) is 16.1. The average Bonchev–Trinajstić information content (AvgIpc) is 3.21. The van der Waals surface area contributed by atoms with E-state index in [-0.39, 0.29) is 23.8 Å². The molecular weight excluding hydrogens is 435 g/mol. The van der Waals surface area contributed by atoms with Crippen molar-refractivity contribution in [3.63, 3.8) is 0 Å². The maximum absolute atomic E-state index is 13.6. The normalized spacial score (nSPS) is 15.6. The van der Waals surface area contributed by atoms with Gasteiger partial charge < -0.3 is 15.5 Å². The van der Waals surface area contributed by atoms with E-state index in [0.717, 1.165) is 16.8 Å². The molecule has 0 radical (unpaired) electrons. The summed E-state index contributed by atoms with van der Waals surface area (Å²) in [6.45, 7) is 10.9. The molecule has 0 aliphatic carbocycles. The molecule has 1 aliphatic rings. The third-order valence-corrected chi connectivity index (χ3v) is 5.97. The van der Waals surface area contributed by atoms with Crippen LogP contribution in [0.4, 0.5) is 21.8 Å². The number of anilines is 3. The monoisotopic (exact) mass is 466 g/mol. The molecule has 0 aromatic carbocycles. The van der Waals surface area contributed by atoms with Crippen LogP contribution in [0, 0.1) is 18.8 Å². The van der Waals surface area contributed by atoms with Gasteiger partial charge in [-0.1, -0.05) is 33.8 Å². The van der Waals surface area contributed by atoms with Crippen LogP contribution in [0.15, 0.2) is 24.5 Å². The number of aryl methyl sites for hydroxylation is 1. The fourth-order valence-electron chi connectivity index (χ4n) is 4.35. The number of carbonyl (C=O) groups excluding carboxylic acids is 1. The minimum Gasteiger partial charge on any atom is -0.350 e. The van der Waals surface area contributed by atoms with E-state index in [4.69, 9.17) is 0 Å². The molecule has 1 atom stereocenters. The Bertz CT molecular complexity index is 1210. The molecule has 0 bridgehead atoms. The van der Waals surface area contributed by atoms with Crippen LogP contribution in [0.2, 0.25) is 0 Å². The number of amides is 1. The molecule has 1 unspecified atom stereocenters. The highest BCUT2D eigenvalue weighted by molar-refractivity contribution is 6.03. The maximum atomic E-state index is 13.6. The van der Waals surface area contributed by atoms with Gasteiger partial charge in [-0.05, 0) is 30.4 Å². The zero-order valence-electron chi connectivity index (χ0n) is 20.4. The summed E-state index contributed by atoms with van der Waals surface area (Å²) in [7, 11) is 1.89. The first-order valence-corrected chi connectivity index (χ1v) is 11.5. The minimum absolute atomic E-state index is 0.0400. The summed E-state index contributed by atoms with van der Waals surface area (Å²) in [5.41, 5.74) is 4.00. The van der Waals surface area contributed by atoms with E-state index in [1.54, 1.807) is 12.3 Å². The zero-order valence-corrected chi connectivity index (χ0v) is 20.4. The molecule has 1 amide bonds. The van der Waals surface area contributed by atoms with Crippen molar-refractivity contribution < 1.29 is 9.18 Å². The van der Waals surface area contributed by atoms with E-state index in [9.17, 15) is 9.18 Å². The number of fused-ring (bicyclic) bond motifs is 1. The zero-order chi connectivity index (χ0) is 24.6. The SMILES string of the molecule is Cc1nc(NCc2cnn(Cc3ccc(F)nc3C(C)C)c2)nc2c1NC(=O)C(C(C)C)N2C. The van der Waals surface area contributed by atoms with Crippen LogP contribution in [0.5, 0.6) is 0 Å². The fourth-order valence-corrected chi connectivity index (χ4v) is 4.35. The molecule has 4 rings (SSSR count). The Kier molecular flexibility index (Phi) is 6.49. The van der Waals surface area contributed by atoms with Gasteiger partial charge in [-0.2, -0.15) is 14.5 Å². The van der Waals surface area contributed by atoms with Gasteiger partial charge in [0.15, 0.2) is 5.82 Å². The summed E-state index contributed by atoms with van der Waals surface area (Å²) < 4.78 is 15.4. The van der Waals surface area contributed by atoms with Crippen LogP contribution < -0.4 is 15.5 Å². The van der Waals surface area contributed by atoms with Crippen molar-refractivity contribution in [2.45, 2.75) is 59.7 Å². The number of carbonyl (C=O) groups is 1. The molecule has 0 spiro atoms. The van der Waals surface area contributed by atoms with Crippen molar-refractivity contribution in [1.29, 1.82) is 0 Å². The fraction of sp³-hybridized carbons (Fsp3) is 0.458. The number of pyridine rings is 1. The molecule has 180 valence electrons. The predicted molar refractivity (Wildman–Crippen MR) is 129 cm³/mol. The quantitative estimate of drug-likeness (QED) is 0.512. The van der Waals surface area contributed by atoms with Crippen LogP contribution >= 0.6 is 0 Å². The Labute approximate surface area is 198 Å². The van der Waals surface area contributed by atoms with E-state index in [2.05, 4.69) is 30.7 Å². The number of nitrogens with zero attached hydrogens (tertiary/aromatic N) is 6. The summed E-state index contributed by atoms with van der Waals surface area (Å²) >= 11 is 0.